The first kappa shape index (κ1) is 16.3. The Morgan fingerprint density at radius 2 is 1.85 bits per heavy atom. The van der Waals surface area contributed by atoms with Gasteiger partial charge in [-0.25, -0.2) is 4.39 Å². The molecule has 5 heteroatoms. The maximum atomic E-state index is 13.5. The summed E-state index contributed by atoms with van der Waals surface area (Å²) in [5, 5.41) is 9.68. The van der Waals surface area contributed by atoms with Gasteiger partial charge in [0, 0.05) is 18.1 Å². The predicted molar refractivity (Wildman–Crippen MR) is 79.9 cm³/mol. The predicted octanol–water partition coefficient (Wildman–Crippen LogP) is 3.13. The Morgan fingerprint density at radius 1 is 1.20 bits per heavy atom. The second-order valence-corrected chi connectivity index (χ2v) is 4.71. The third-order valence-corrected chi connectivity index (χ3v) is 2.96. The van der Waals surface area contributed by atoms with Gasteiger partial charge in [-0.1, -0.05) is 46.3 Å². The van der Waals surface area contributed by atoms with Gasteiger partial charge >= 0.3 is 0 Å². The van der Waals surface area contributed by atoms with Crippen molar-refractivity contribution in [2.75, 3.05) is 7.11 Å². The van der Waals surface area contributed by atoms with Crippen LogP contribution in [0.15, 0.2) is 53.0 Å². The quantitative estimate of drug-likeness (QED) is 0.902. The van der Waals surface area contributed by atoms with Crippen molar-refractivity contribution >= 4 is 21.8 Å². The van der Waals surface area contributed by atoms with Crippen LogP contribution >= 0.6 is 15.9 Å². The van der Waals surface area contributed by atoms with E-state index in [9.17, 15) is 9.18 Å². The second kappa shape index (κ2) is 8.45. The molecule has 0 bridgehead atoms. The van der Waals surface area contributed by atoms with Crippen molar-refractivity contribution in [3.63, 3.8) is 0 Å². The van der Waals surface area contributed by atoms with Crippen LogP contribution in [0.1, 0.15) is 15.9 Å². The summed E-state index contributed by atoms with van der Waals surface area (Å²) in [6, 6.07) is 13.9. The van der Waals surface area contributed by atoms with Crippen molar-refractivity contribution in [1.82, 2.24) is 5.32 Å². The van der Waals surface area contributed by atoms with Crippen LogP contribution in [-0.2, 0) is 6.54 Å². The van der Waals surface area contributed by atoms with E-state index in [-0.39, 0.29) is 5.56 Å². The largest absolute Gasteiger partial charge is 0.400 e. The first-order valence-electron chi connectivity index (χ1n) is 5.89. The minimum atomic E-state index is -0.532. The third-order valence-electron chi connectivity index (χ3n) is 2.47. The zero-order valence-electron chi connectivity index (χ0n) is 10.9. The number of hydrogen-bond acceptors (Lipinski definition) is 2. The molecule has 0 spiro atoms. The van der Waals surface area contributed by atoms with Crippen LogP contribution in [0.2, 0.25) is 0 Å². The Bertz CT molecular complexity index is 561. The smallest absolute Gasteiger partial charge is 0.254 e. The van der Waals surface area contributed by atoms with E-state index >= 15 is 0 Å². The maximum Gasteiger partial charge on any atom is 0.254 e. The average Bonchev–Trinajstić information content (AvgIpc) is 2.48. The maximum absolute atomic E-state index is 13.5. The van der Waals surface area contributed by atoms with E-state index in [0.29, 0.717) is 11.0 Å². The third kappa shape index (κ3) is 4.75. The molecule has 0 atom stereocenters. The normalized spacial score (nSPS) is 9.40. The van der Waals surface area contributed by atoms with E-state index in [0.717, 1.165) is 12.7 Å². The summed E-state index contributed by atoms with van der Waals surface area (Å²) >= 11 is 3.15. The van der Waals surface area contributed by atoms with Gasteiger partial charge in [0.05, 0.1) is 5.56 Å². The van der Waals surface area contributed by atoms with Crippen LogP contribution in [0, 0.1) is 5.82 Å². The summed E-state index contributed by atoms with van der Waals surface area (Å²) in [5.74, 6) is -0.946. The number of halogens is 2. The van der Waals surface area contributed by atoms with E-state index < -0.39 is 11.7 Å². The lowest BCUT2D eigenvalue weighted by Gasteiger charge is -2.06. The number of nitrogens with one attached hydrogen (secondary N) is 1. The summed E-state index contributed by atoms with van der Waals surface area (Å²) in [6.45, 7) is 0.384. The molecular formula is C15H15BrFNO2. The van der Waals surface area contributed by atoms with Gasteiger partial charge in [0.25, 0.3) is 5.91 Å². The Kier molecular flexibility index (Phi) is 6.90. The van der Waals surface area contributed by atoms with Crippen molar-refractivity contribution in [1.29, 1.82) is 0 Å². The van der Waals surface area contributed by atoms with E-state index in [1.807, 2.05) is 30.3 Å². The Hall–Kier alpha value is -1.72. The lowest BCUT2D eigenvalue weighted by molar-refractivity contribution is 0.0947. The lowest BCUT2D eigenvalue weighted by atomic mass is 10.2. The molecule has 0 fully saturated rings. The van der Waals surface area contributed by atoms with Crippen molar-refractivity contribution in [2.45, 2.75) is 6.54 Å². The zero-order valence-corrected chi connectivity index (χ0v) is 12.5. The molecule has 1 amide bonds. The van der Waals surface area contributed by atoms with Crippen LogP contribution in [0.4, 0.5) is 4.39 Å². The Morgan fingerprint density at radius 3 is 2.45 bits per heavy atom. The van der Waals surface area contributed by atoms with Gasteiger partial charge in [-0.15, -0.1) is 0 Å². The molecule has 2 rings (SSSR count). The molecule has 0 aliphatic rings. The molecule has 2 aromatic rings. The summed E-state index contributed by atoms with van der Waals surface area (Å²) in [5.41, 5.74) is 1.03. The number of carbonyl (C=O) groups excluding carboxylic acids is 1. The van der Waals surface area contributed by atoms with Crippen molar-refractivity contribution in [3.8, 4) is 0 Å². The molecule has 0 heterocycles. The monoisotopic (exact) mass is 339 g/mol. The molecule has 0 aliphatic carbocycles. The molecule has 0 aromatic heterocycles. The Labute approximate surface area is 125 Å². The highest BCUT2D eigenvalue weighted by Crippen LogP contribution is 2.15. The average molecular weight is 340 g/mol. The van der Waals surface area contributed by atoms with Crippen LogP contribution in [-0.4, -0.2) is 18.1 Å². The van der Waals surface area contributed by atoms with Crippen molar-refractivity contribution < 1.29 is 14.3 Å². The van der Waals surface area contributed by atoms with Crippen LogP contribution in [0.25, 0.3) is 0 Å². The first-order valence-corrected chi connectivity index (χ1v) is 6.68. The van der Waals surface area contributed by atoms with Crippen molar-refractivity contribution in [2.24, 2.45) is 0 Å². The second-order valence-electron chi connectivity index (χ2n) is 3.79. The van der Waals surface area contributed by atoms with Gasteiger partial charge in [-0.2, -0.15) is 0 Å². The topological polar surface area (TPSA) is 49.3 Å². The number of carbonyl (C=O) groups is 1. The van der Waals surface area contributed by atoms with Crippen LogP contribution in [0.3, 0.4) is 0 Å². The molecule has 2 aromatic carbocycles. The molecule has 0 unspecified atom stereocenters. The van der Waals surface area contributed by atoms with E-state index in [1.54, 1.807) is 6.07 Å². The fourth-order valence-electron chi connectivity index (χ4n) is 1.55. The number of benzene rings is 2. The SMILES string of the molecule is CO.O=C(NCc1ccccc1)c1ccc(Br)cc1F. The summed E-state index contributed by atoms with van der Waals surface area (Å²) in [6.07, 6.45) is 0. The number of aliphatic hydroxyl groups is 1. The van der Waals surface area contributed by atoms with Gasteiger partial charge in [-0.3, -0.25) is 4.79 Å². The van der Waals surface area contributed by atoms with Gasteiger partial charge < -0.3 is 10.4 Å². The highest BCUT2D eigenvalue weighted by atomic mass is 79.9. The molecular weight excluding hydrogens is 325 g/mol. The molecule has 3 nitrogen and oxygen atoms in total. The van der Waals surface area contributed by atoms with Crippen molar-refractivity contribution in [3.05, 3.63) is 69.9 Å². The minimum Gasteiger partial charge on any atom is -0.400 e. The summed E-state index contributed by atoms with van der Waals surface area (Å²) in [7, 11) is 1.00. The standard InChI is InChI=1S/C14H11BrFNO.CH4O/c15-11-6-7-12(13(16)8-11)14(18)17-9-10-4-2-1-3-5-10;1-2/h1-8H,9H2,(H,17,18);2H,1H3. The summed E-state index contributed by atoms with van der Waals surface area (Å²) in [4.78, 5) is 11.8. The van der Waals surface area contributed by atoms with E-state index in [1.165, 1.54) is 12.1 Å². The van der Waals surface area contributed by atoms with E-state index in [2.05, 4.69) is 21.2 Å². The molecule has 20 heavy (non-hydrogen) atoms. The molecule has 0 radical (unpaired) electrons. The van der Waals surface area contributed by atoms with Gasteiger partial charge in [0.15, 0.2) is 0 Å². The molecule has 0 aliphatic heterocycles. The van der Waals surface area contributed by atoms with Gasteiger partial charge in [0.2, 0.25) is 0 Å². The van der Waals surface area contributed by atoms with Crippen LogP contribution < -0.4 is 5.32 Å². The highest BCUT2D eigenvalue weighted by Gasteiger charge is 2.11. The Balaban J connectivity index is 0.000000956. The molecule has 0 saturated heterocycles. The van der Waals surface area contributed by atoms with Gasteiger partial charge in [-0.05, 0) is 23.8 Å². The number of amides is 1. The fourth-order valence-corrected chi connectivity index (χ4v) is 1.88. The first-order chi connectivity index (χ1) is 9.66. The minimum absolute atomic E-state index is 0.0501. The molecule has 0 saturated carbocycles. The van der Waals surface area contributed by atoms with Gasteiger partial charge in [0.1, 0.15) is 5.82 Å². The number of hydrogen-bond donors (Lipinski definition) is 2. The highest BCUT2D eigenvalue weighted by molar-refractivity contribution is 9.10. The molecule has 106 valence electrons. The van der Waals surface area contributed by atoms with Crippen LogP contribution in [0.5, 0.6) is 0 Å². The molecule has 2 N–H and O–H groups in total. The fraction of sp³-hybridized carbons (Fsp3) is 0.133. The lowest BCUT2D eigenvalue weighted by Crippen LogP contribution is -2.23. The number of aliphatic hydroxyl groups excluding tert-OH is 1. The number of rotatable bonds is 3. The zero-order chi connectivity index (χ0) is 15.0. The summed E-state index contributed by atoms with van der Waals surface area (Å²) < 4.78 is 14.1. The van der Waals surface area contributed by atoms with E-state index in [4.69, 9.17) is 5.11 Å².